The highest BCUT2D eigenvalue weighted by molar-refractivity contribution is 6.31. The molecule has 1 N–H and O–H groups in total. The summed E-state index contributed by atoms with van der Waals surface area (Å²) < 4.78 is 7.06. The average Bonchev–Trinajstić information content (AvgIpc) is 2.68. The van der Waals surface area contributed by atoms with E-state index in [9.17, 15) is 5.11 Å². The second kappa shape index (κ2) is 5.69. The number of methoxy groups -OCH3 is 1. The van der Waals surface area contributed by atoms with Crippen molar-refractivity contribution in [3.63, 3.8) is 0 Å². The van der Waals surface area contributed by atoms with Gasteiger partial charge in [0.05, 0.1) is 11.0 Å². The summed E-state index contributed by atoms with van der Waals surface area (Å²) in [5, 5.41) is 10.5. The standard InChI is InChI=1S/C13H17ClN2O2/c1-9(17)13-15-11-5-4-10(14)8-12(11)16(13)6-3-7-18-2/h4-5,8-9,17H,3,6-7H2,1-2H3/t9-/m1/s1. The Bertz CT molecular complexity index is 537. The predicted octanol–water partition coefficient (Wildman–Crippen LogP) is 2.78. The van der Waals surface area contributed by atoms with E-state index in [1.165, 1.54) is 0 Å². The van der Waals surface area contributed by atoms with Crippen LogP contribution in [-0.2, 0) is 11.3 Å². The number of benzene rings is 1. The summed E-state index contributed by atoms with van der Waals surface area (Å²) in [7, 11) is 1.68. The van der Waals surface area contributed by atoms with Crippen molar-refractivity contribution < 1.29 is 9.84 Å². The van der Waals surface area contributed by atoms with Crippen molar-refractivity contribution in [2.75, 3.05) is 13.7 Å². The second-order valence-corrected chi connectivity index (χ2v) is 4.71. The van der Waals surface area contributed by atoms with Gasteiger partial charge < -0.3 is 14.4 Å². The topological polar surface area (TPSA) is 47.3 Å². The molecule has 1 atom stereocenters. The van der Waals surface area contributed by atoms with Gasteiger partial charge in [0.25, 0.3) is 0 Å². The molecule has 0 aliphatic rings. The fourth-order valence-corrected chi connectivity index (χ4v) is 2.20. The van der Waals surface area contributed by atoms with E-state index in [-0.39, 0.29) is 0 Å². The molecule has 1 heterocycles. The normalized spacial score (nSPS) is 13.1. The van der Waals surface area contributed by atoms with Gasteiger partial charge in [0.1, 0.15) is 11.9 Å². The van der Waals surface area contributed by atoms with Crippen LogP contribution in [0.15, 0.2) is 18.2 Å². The highest BCUT2D eigenvalue weighted by Gasteiger charge is 2.14. The third kappa shape index (κ3) is 2.66. The van der Waals surface area contributed by atoms with Crippen LogP contribution in [-0.4, -0.2) is 28.4 Å². The van der Waals surface area contributed by atoms with Gasteiger partial charge in [-0.3, -0.25) is 0 Å². The summed E-state index contributed by atoms with van der Waals surface area (Å²) in [5.41, 5.74) is 1.81. The van der Waals surface area contributed by atoms with Crippen LogP contribution in [0.25, 0.3) is 11.0 Å². The molecule has 1 aromatic carbocycles. The molecule has 0 bridgehead atoms. The maximum atomic E-state index is 9.78. The third-order valence-electron chi connectivity index (χ3n) is 2.84. The van der Waals surface area contributed by atoms with Gasteiger partial charge in [-0.15, -0.1) is 0 Å². The first-order valence-electron chi connectivity index (χ1n) is 5.96. The van der Waals surface area contributed by atoms with Crippen LogP contribution in [0.2, 0.25) is 5.02 Å². The van der Waals surface area contributed by atoms with E-state index in [4.69, 9.17) is 16.3 Å². The highest BCUT2D eigenvalue weighted by atomic mass is 35.5. The quantitative estimate of drug-likeness (QED) is 0.849. The summed E-state index contributed by atoms with van der Waals surface area (Å²) in [5.74, 6) is 0.670. The first kappa shape index (κ1) is 13.3. The zero-order valence-electron chi connectivity index (χ0n) is 10.6. The van der Waals surface area contributed by atoms with Crippen LogP contribution in [0.1, 0.15) is 25.3 Å². The molecule has 0 saturated carbocycles. The molecule has 0 unspecified atom stereocenters. The van der Waals surface area contributed by atoms with Gasteiger partial charge in [-0.25, -0.2) is 4.98 Å². The van der Waals surface area contributed by atoms with Crippen LogP contribution >= 0.6 is 11.6 Å². The lowest BCUT2D eigenvalue weighted by molar-refractivity contribution is 0.175. The van der Waals surface area contributed by atoms with E-state index < -0.39 is 6.10 Å². The van der Waals surface area contributed by atoms with Gasteiger partial charge >= 0.3 is 0 Å². The molecule has 5 heteroatoms. The van der Waals surface area contributed by atoms with E-state index in [1.807, 2.05) is 22.8 Å². The lowest BCUT2D eigenvalue weighted by Gasteiger charge is -2.10. The summed E-state index contributed by atoms with van der Waals surface area (Å²) in [4.78, 5) is 4.45. The van der Waals surface area contributed by atoms with E-state index >= 15 is 0 Å². The van der Waals surface area contributed by atoms with E-state index in [0.29, 0.717) is 17.5 Å². The van der Waals surface area contributed by atoms with Crippen molar-refractivity contribution in [1.82, 2.24) is 9.55 Å². The summed E-state index contributed by atoms with van der Waals surface area (Å²) in [6.45, 7) is 3.15. The Kier molecular flexibility index (Phi) is 4.22. The number of aliphatic hydroxyl groups is 1. The molecule has 18 heavy (non-hydrogen) atoms. The van der Waals surface area contributed by atoms with Gasteiger partial charge in [-0.05, 0) is 31.5 Å². The van der Waals surface area contributed by atoms with Gasteiger partial charge in [0.15, 0.2) is 0 Å². The van der Waals surface area contributed by atoms with Crippen molar-refractivity contribution >= 4 is 22.6 Å². The van der Waals surface area contributed by atoms with Gasteiger partial charge in [-0.1, -0.05) is 11.6 Å². The molecule has 0 fully saturated rings. The summed E-state index contributed by atoms with van der Waals surface area (Å²) in [6.07, 6.45) is 0.271. The molecular weight excluding hydrogens is 252 g/mol. The number of aromatic nitrogens is 2. The molecule has 0 aliphatic heterocycles. The Morgan fingerprint density at radius 1 is 1.50 bits per heavy atom. The Morgan fingerprint density at radius 2 is 2.28 bits per heavy atom. The zero-order chi connectivity index (χ0) is 13.1. The maximum Gasteiger partial charge on any atom is 0.138 e. The highest BCUT2D eigenvalue weighted by Crippen LogP contribution is 2.24. The minimum atomic E-state index is -0.598. The van der Waals surface area contributed by atoms with E-state index in [2.05, 4.69) is 4.98 Å². The number of aryl methyl sites for hydroxylation is 1. The number of imidazole rings is 1. The van der Waals surface area contributed by atoms with E-state index in [1.54, 1.807) is 14.0 Å². The van der Waals surface area contributed by atoms with Crippen LogP contribution in [0.3, 0.4) is 0 Å². The minimum absolute atomic E-state index is 0.598. The van der Waals surface area contributed by atoms with Crippen LogP contribution < -0.4 is 0 Å². The van der Waals surface area contributed by atoms with Crippen LogP contribution in [0.4, 0.5) is 0 Å². The van der Waals surface area contributed by atoms with Crippen molar-refractivity contribution in [2.24, 2.45) is 0 Å². The van der Waals surface area contributed by atoms with Gasteiger partial charge in [0.2, 0.25) is 0 Å². The number of rotatable bonds is 5. The Hall–Kier alpha value is -1.10. The fourth-order valence-electron chi connectivity index (χ4n) is 2.04. The summed E-state index contributed by atoms with van der Waals surface area (Å²) >= 11 is 6.01. The minimum Gasteiger partial charge on any atom is -0.385 e. The van der Waals surface area contributed by atoms with Crippen molar-refractivity contribution in [2.45, 2.75) is 26.0 Å². The third-order valence-corrected chi connectivity index (χ3v) is 3.08. The second-order valence-electron chi connectivity index (χ2n) is 4.28. The van der Waals surface area contributed by atoms with Gasteiger partial charge in [-0.2, -0.15) is 0 Å². The van der Waals surface area contributed by atoms with Crippen LogP contribution in [0.5, 0.6) is 0 Å². The Balaban J connectivity index is 2.43. The maximum absolute atomic E-state index is 9.78. The molecule has 0 saturated heterocycles. The monoisotopic (exact) mass is 268 g/mol. The number of nitrogens with zero attached hydrogens (tertiary/aromatic N) is 2. The molecule has 2 aromatic rings. The zero-order valence-corrected chi connectivity index (χ0v) is 11.3. The number of hydrogen-bond acceptors (Lipinski definition) is 3. The van der Waals surface area contributed by atoms with Crippen molar-refractivity contribution in [1.29, 1.82) is 0 Å². The molecule has 1 aromatic heterocycles. The number of aliphatic hydroxyl groups excluding tert-OH is 1. The predicted molar refractivity (Wildman–Crippen MR) is 71.9 cm³/mol. The van der Waals surface area contributed by atoms with Crippen molar-refractivity contribution in [3.05, 3.63) is 29.0 Å². The lowest BCUT2D eigenvalue weighted by atomic mass is 10.3. The molecule has 98 valence electrons. The molecule has 4 nitrogen and oxygen atoms in total. The van der Waals surface area contributed by atoms with E-state index in [0.717, 1.165) is 24.0 Å². The number of ether oxygens (including phenoxy) is 1. The fraction of sp³-hybridized carbons (Fsp3) is 0.462. The largest absolute Gasteiger partial charge is 0.385 e. The smallest absolute Gasteiger partial charge is 0.138 e. The Morgan fingerprint density at radius 3 is 2.94 bits per heavy atom. The SMILES string of the molecule is COCCCn1c([C@@H](C)O)nc2ccc(Cl)cc21. The molecular formula is C13H17ClN2O2. The number of halogens is 1. The number of hydrogen-bond donors (Lipinski definition) is 1. The number of fused-ring (bicyclic) bond motifs is 1. The lowest BCUT2D eigenvalue weighted by Crippen LogP contribution is -2.08. The molecule has 0 aliphatic carbocycles. The first-order valence-corrected chi connectivity index (χ1v) is 6.34. The van der Waals surface area contributed by atoms with Crippen LogP contribution in [0, 0.1) is 0 Å². The average molecular weight is 269 g/mol. The first-order chi connectivity index (χ1) is 8.63. The summed E-state index contributed by atoms with van der Waals surface area (Å²) in [6, 6.07) is 5.56. The van der Waals surface area contributed by atoms with Gasteiger partial charge in [0, 0.05) is 25.3 Å². The molecule has 2 rings (SSSR count). The Labute approximate surface area is 111 Å². The molecule has 0 radical (unpaired) electrons. The molecule has 0 spiro atoms. The molecule has 0 amide bonds. The van der Waals surface area contributed by atoms with Crippen molar-refractivity contribution in [3.8, 4) is 0 Å².